The molecule has 0 heterocycles. The number of aliphatic hydroxyl groups is 1. The molecule has 0 saturated heterocycles. The van der Waals surface area contributed by atoms with Crippen molar-refractivity contribution in [3.63, 3.8) is 0 Å². The Morgan fingerprint density at radius 3 is 0.700 bits per heavy atom. The molecule has 0 aliphatic carbocycles. The molecule has 40 heavy (non-hydrogen) atoms. The Morgan fingerprint density at radius 2 is 0.500 bits per heavy atom. The predicted octanol–water partition coefficient (Wildman–Crippen LogP) is 7.82. The van der Waals surface area contributed by atoms with Gasteiger partial charge in [-0.3, -0.25) is 0 Å². The molecule has 1 nitrogen and oxygen atoms in total. The topological polar surface area (TPSA) is 20.2 Å². The number of hydrogen-bond donors (Lipinski definition) is 1. The van der Waals surface area contributed by atoms with Gasteiger partial charge < -0.3 is 5.11 Å². The van der Waals surface area contributed by atoms with E-state index in [-0.39, 0.29) is 0 Å². The lowest BCUT2D eigenvalue weighted by molar-refractivity contribution is -0.478. The maximum absolute atomic E-state index is 13.5. The van der Waals surface area contributed by atoms with Gasteiger partial charge in [0.1, 0.15) is 0 Å². The van der Waals surface area contributed by atoms with Gasteiger partial charge in [-0.1, -0.05) is 0 Å². The summed E-state index contributed by atoms with van der Waals surface area (Å²) in [6.45, 7) is 0. The van der Waals surface area contributed by atoms with E-state index in [1.807, 2.05) is 0 Å². The lowest BCUT2D eigenvalue weighted by atomic mass is 9.85. The second kappa shape index (κ2) is 9.07. The molecule has 0 amide bonds. The van der Waals surface area contributed by atoms with E-state index >= 15 is 0 Å². The molecular weight excluding hydrogens is 666 g/mol. The van der Waals surface area contributed by atoms with Gasteiger partial charge in [-0.25, -0.2) is 4.39 Å². The Balaban J connectivity index is 7.25. The highest BCUT2D eigenvalue weighted by molar-refractivity contribution is 5.19. The van der Waals surface area contributed by atoms with Crippen LogP contribution in [0.25, 0.3) is 0 Å². The second-order valence-electron chi connectivity index (χ2n) is 7.25. The molecule has 0 aliphatic rings. The summed E-state index contributed by atoms with van der Waals surface area (Å²) in [5.74, 6) is -90.8. The van der Waals surface area contributed by atoms with E-state index in [0.717, 1.165) is 0 Å². The molecule has 0 aromatic carbocycles. The Kier molecular flexibility index (Phi) is 8.65. The summed E-state index contributed by atoms with van der Waals surface area (Å²) in [6.07, 6.45) is -22.8. The maximum atomic E-state index is 13.5. The molecule has 0 bridgehead atoms. The van der Waals surface area contributed by atoms with Crippen molar-refractivity contribution in [1.29, 1.82) is 0 Å². The normalized spacial score (nSPS) is 19.0. The summed E-state index contributed by atoms with van der Waals surface area (Å²) in [5, 5.41) is 7.89. The smallest absolute Gasteiger partial charge is 0.352 e. The van der Waals surface area contributed by atoms with Crippen molar-refractivity contribution >= 4 is 0 Å². The highest BCUT2D eigenvalue weighted by Crippen LogP contribution is 2.66. The minimum atomic E-state index is -9.63. The van der Waals surface area contributed by atoms with Crippen molar-refractivity contribution < 1.29 is 119 Å². The molecular formula is C13H2F26O. The third kappa shape index (κ3) is 4.45. The van der Waals surface area contributed by atoms with Crippen LogP contribution >= 0.6 is 0 Å². The molecule has 1 N–H and O–H groups in total. The largest absolute Gasteiger partial charge is 0.460 e. The van der Waals surface area contributed by atoms with Crippen LogP contribution in [0.1, 0.15) is 0 Å². The lowest BCUT2D eigenvalue weighted by Crippen LogP contribution is -2.77. The van der Waals surface area contributed by atoms with E-state index in [1.54, 1.807) is 0 Å². The fourth-order valence-electron chi connectivity index (χ4n) is 2.11. The van der Waals surface area contributed by atoms with Crippen LogP contribution in [0.3, 0.4) is 0 Å². The lowest BCUT2D eigenvalue weighted by Gasteiger charge is -2.45. The number of hydrogen-bond acceptors (Lipinski definition) is 1. The Hall–Kier alpha value is -1.86. The highest BCUT2D eigenvalue weighted by atomic mass is 19.4. The Morgan fingerprint density at radius 1 is 0.300 bits per heavy atom. The van der Waals surface area contributed by atoms with Gasteiger partial charge in [-0.05, 0) is 0 Å². The first kappa shape index (κ1) is 38.1. The van der Waals surface area contributed by atoms with Crippen LogP contribution in [0.5, 0.6) is 0 Å². The van der Waals surface area contributed by atoms with Crippen LogP contribution in [0.15, 0.2) is 0 Å². The molecule has 0 aliphatic heterocycles. The molecule has 2 atom stereocenters. The minimum Gasteiger partial charge on any atom is -0.352 e. The third-order valence-corrected chi connectivity index (χ3v) is 4.59. The standard InChI is InChI=1S/C13H2F26O/c14-1(3(17,40)12(34,35)36)2(15,16)4(18,19)5(20,21)6(22,23)7(24,25)8(26,27)9(28,29)10(30,31)11(32,33)13(37,38)39/h1,40H. The summed E-state index contributed by atoms with van der Waals surface area (Å²) in [6, 6.07) is 0. The maximum Gasteiger partial charge on any atom is 0.460 e. The van der Waals surface area contributed by atoms with Crippen LogP contribution in [0, 0.1) is 0 Å². The zero-order chi connectivity index (χ0) is 33.6. The van der Waals surface area contributed by atoms with Gasteiger partial charge in [-0.15, -0.1) is 0 Å². The van der Waals surface area contributed by atoms with E-state index < -0.39 is 77.7 Å². The molecule has 27 heteroatoms. The average Bonchev–Trinajstić information content (AvgIpc) is 2.70. The van der Waals surface area contributed by atoms with Crippen molar-refractivity contribution in [2.45, 2.75) is 77.7 Å². The monoisotopic (exact) mass is 668 g/mol. The van der Waals surface area contributed by atoms with Gasteiger partial charge in [0.2, 0.25) is 6.17 Å². The Labute approximate surface area is 198 Å². The fourth-order valence-corrected chi connectivity index (χ4v) is 2.11. The summed E-state index contributed by atoms with van der Waals surface area (Å²) in [4.78, 5) is 0. The van der Waals surface area contributed by atoms with Crippen LogP contribution in [0.2, 0.25) is 0 Å². The van der Waals surface area contributed by atoms with Crippen LogP contribution in [-0.2, 0) is 0 Å². The molecule has 0 radical (unpaired) electrons. The van der Waals surface area contributed by atoms with Gasteiger partial charge in [-0.2, -0.15) is 110 Å². The van der Waals surface area contributed by atoms with Crippen LogP contribution in [0.4, 0.5) is 114 Å². The van der Waals surface area contributed by atoms with Gasteiger partial charge >= 0.3 is 71.5 Å². The summed E-state index contributed by atoms with van der Waals surface area (Å²) in [5.41, 5.74) is 0. The van der Waals surface area contributed by atoms with E-state index in [0.29, 0.717) is 0 Å². The SMILES string of the molecule is OC(F)(C(F)C(F)(F)C(F)(F)C(F)(F)C(F)(F)C(F)(F)C(F)(F)C(F)(F)C(F)(F)C(F)(F)C(F)(F)F)C(F)(F)F. The van der Waals surface area contributed by atoms with E-state index in [9.17, 15) is 114 Å². The molecule has 0 fully saturated rings. The molecule has 0 spiro atoms. The number of alkyl halides is 26. The van der Waals surface area contributed by atoms with Gasteiger partial charge in [0.25, 0.3) is 0 Å². The van der Waals surface area contributed by atoms with Gasteiger partial charge in [0.05, 0.1) is 0 Å². The second-order valence-corrected chi connectivity index (χ2v) is 7.25. The third-order valence-electron chi connectivity index (χ3n) is 4.59. The fraction of sp³-hybridized carbons (Fsp3) is 1.00. The van der Waals surface area contributed by atoms with Crippen molar-refractivity contribution in [1.82, 2.24) is 0 Å². The summed E-state index contributed by atoms with van der Waals surface area (Å²) < 4.78 is 336. The zero-order valence-electron chi connectivity index (χ0n) is 16.9. The molecule has 0 aromatic rings. The van der Waals surface area contributed by atoms with Crippen molar-refractivity contribution in [2.24, 2.45) is 0 Å². The molecule has 242 valence electrons. The quantitative estimate of drug-likeness (QED) is 0.236. The zero-order valence-corrected chi connectivity index (χ0v) is 16.9. The van der Waals surface area contributed by atoms with Crippen LogP contribution < -0.4 is 0 Å². The van der Waals surface area contributed by atoms with E-state index in [4.69, 9.17) is 5.11 Å². The molecule has 0 rings (SSSR count). The first-order valence-corrected chi connectivity index (χ1v) is 8.24. The minimum absolute atomic E-state index is 7.01. The van der Waals surface area contributed by atoms with Crippen molar-refractivity contribution in [3.8, 4) is 0 Å². The Bertz CT molecular complexity index is 918. The van der Waals surface area contributed by atoms with Crippen molar-refractivity contribution in [3.05, 3.63) is 0 Å². The molecule has 2 unspecified atom stereocenters. The van der Waals surface area contributed by atoms with E-state index in [1.165, 1.54) is 0 Å². The summed E-state index contributed by atoms with van der Waals surface area (Å²) >= 11 is 0. The number of rotatable bonds is 10. The first-order chi connectivity index (χ1) is 16.7. The average molecular weight is 668 g/mol. The van der Waals surface area contributed by atoms with Crippen LogP contribution in [-0.4, -0.2) is 82.8 Å². The summed E-state index contributed by atoms with van der Waals surface area (Å²) in [7, 11) is 0. The van der Waals surface area contributed by atoms with Gasteiger partial charge in [0, 0.05) is 0 Å². The number of halogens is 26. The van der Waals surface area contributed by atoms with Gasteiger partial charge in [0.15, 0.2) is 0 Å². The highest BCUT2D eigenvalue weighted by Gasteiger charge is 2.98. The molecule has 0 saturated carbocycles. The van der Waals surface area contributed by atoms with Crippen molar-refractivity contribution in [2.75, 3.05) is 0 Å². The van der Waals surface area contributed by atoms with E-state index in [2.05, 4.69) is 0 Å². The first-order valence-electron chi connectivity index (χ1n) is 8.24. The molecule has 0 aromatic heterocycles. The predicted molar refractivity (Wildman–Crippen MR) is 67.6 cm³/mol.